The second-order valence-electron chi connectivity index (χ2n) is 8.18. The molecule has 0 aromatic heterocycles. The normalized spacial score (nSPS) is 18.3. The number of anilines is 1. The van der Waals surface area contributed by atoms with E-state index in [2.05, 4.69) is 5.32 Å². The van der Waals surface area contributed by atoms with E-state index in [4.69, 9.17) is 0 Å². The maximum Gasteiger partial charge on any atom is 0.253 e. The van der Waals surface area contributed by atoms with Gasteiger partial charge in [0.1, 0.15) is 5.82 Å². The molecule has 2 aliphatic rings. The SMILES string of the molecule is Cc1cc(C(=O)N2CCSCC2)ccc1NC(=O)C1(c2ccc(F)cc2)CCCC1. The molecule has 0 bridgehead atoms. The van der Waals surface area contributed by atoms with E-state index in [1.54, 1.807) is 18.2 Å². The Balaban J connectivity index is 1.53. The third-order valence-electron chi connectivity index (χ3n) is 6.31. The molecule has 0 spiro atoms. The highest BCUT2D eigenvalue weighted by atomic mass is 32.2. The maximum absolute atomic E-state index is 13.4. The standard InChI is InChI=1S/C24H27FN2O2S/c1-17-16-18(22(28)27-12-14-30-15-13-27)4-9-21(17)26-23(29)24(10-2-3-11-24)19-5-7-20(25)8-6-19/h4-9,16H,2-3,10-15H2,1H3,(H,26,29). The molecule has 6 heteroatoms. The van der Waals surface area contributed by atoms with Crippen molar-refractivity contribution in [1.82, 2.24) is 4.90 Å². The summed E-state index contributed by atoms with van der Waals surface area (Å²) in [6.45, 7) is 3.47. The zero-order chi connectivity index (χ0) is 21.1. The van der Waals surface area contributed by atoms with Crippen LogP contribution in [-0.2, 0) is 10.2 Å². The zero-order valence-electron chi connectivity index (χ0n) is 17.2. The lowest BCUT2D eigenvalue weighted by Gasteiger charge is -2.29. The van der Waals surface area contributed by atoms with Gasteiger partial charge in [-0.3, -0.25) is 9.59 Å². The van der Waals surface area contributed by atoms with Crippen LogP contribution in [0.2, 0.25) is 0 Å². The van der Waals surface area contributed by atoms with E-state index in [0.717, 1.165) is 67.1 Å². The molecule has 0 atom stereocenters. The Hall–Kier alpha value is -2.34. The van der Waals surface area contributed by atoms with Gasteiger partial charge in [-0.05, 0) is 61.2 Å². The van der Waals surface area contributed by atoms with Crippen molar-refractivity contribution in [2.45, 2.75) is 38.0 Å². The number of amides is 2. The summed E-state index contributed by atoms with van der Waals surface area (Å²) in [7, 11) is 0. The third-order valence-corrected chi connectivity index (χ3v) is 7.25. The predicted octanol–water partition coefficient (Wildman–Crippen LogP) is 4.77. The van der Waals surface area contributed by atoms with Gasteiger partial charge in [-0.1, -0.05) is 25.0 Å². The van der Waals surface area contributed by atoms with Crippen LogP contribution in [0.3, 0.4) is 0 Å². The van der Waals surface area contributed by atoms with Crippen molar-refractivity contribution in [3.05, 3.63) is 65.0 Å². The highest BCUT2D eigenvalue weighted by molar-refractivity contribution is 7.99. The van der Waals surface area contributed by atoms with Gasteiger partial charge in [0.15, 0.2) is 0 Å². The number of carbonyl (C=O) groups is 2. The lowest BCUT2D eigenvalue weighted by Crippen LogP contribution is -2.38. The number of hydrogen-bond acceptors (Lipinski definition) is 3. The van der Waals surface area contributed by atoms with Crippen molar-refractivity contribution in [2.24, 2.45) is 0 Å². The van der Waals surface area contributed by atoms with E-state index < -0.39 is 5.41 Å². The molecule has 0 unspecified atom stereocenters. The first-order chi connectivity index (χ1) is 14.5. The fourth-order valence-corrected chi connectivity index (χ4v) is 5.43. The van der Waals surface area contributed by atoms with Crippen molar-refractivity contribution in [2.75, 3.05) is 29.9 Å². The molecule has 4 rings (SSSR count). The average molecular weight is 427 g/mol. The molecule has 1 aliphatic heterocycles. The van der Waals surface area contributed by atoms with Crippen molar-refractivity contribution < 1.29 is 14.0 Å². The Morgan fingerprint density at radius 2 is 1.70 bits per heavy atom. The number of thioether (sulfide) groups is 1. The van der Waals surface area contributed by atoms with Gasteiger partial charge in [-0.2, -0.15) is 11.8 Å². The number of halogens is 1. The number of carbonyl (C=O) groups excluding carboxylic acids is 2. The lowest BCUT2D eigenvalue weighted by molar-refractivity contribution is -0.121. The molecule has 1 heterocycles. The van der Waals surface area contributed by atoms with Gasteiger partial charge in [-0.25, -0.2) is 4.39 Å². The number of nitrogens with zero attached hydrogens (tertiary/aromatic N) is 1. The quantitative estimate of drug-likeness (QED) is 0.766. The summed E-state index contributed by atoms with van der Waals surface area (Å²) >= 11 is 1.87. The summed E-state index contributed by atoms with van der Waals surface area (Å²) in [5, 5.41) is 3.09. The Kier molecular flexibility index (Phi) is 6.14. The molecule has 1 saturated carbocycles. The second-order valence-corrected chi connectivity index (χ2v) is 9.41. The minimum absolute atomic E-state index is 0.0508. The van der Waals surface area contributed by atoms with Gasteiger partial charge >= 0.3 is 0 Å². The molecule has 158 valence electrons. The first kappa shape index (κ1) is 20.9. The molecule has 1 aliphatic carbocycles. The van der Waals surface area contributed by atoms with Crippen LogP contribution in [0.15, 0.2) is 42.5 Å². The van der Waals surface area contributed by atoms with E-state index in [-0.39, 0.29) is 17.6 Å². The summed E-state index contributed by atoms with van der Waals surface area (Å²) in [5.74, 6) is 1.65. The Bertz CT molecular complexity index is 933. The van der Waals surface area contributed by atoms with Crippen LogP contribution in [-0.4, -0.2) is 41.3 Å². The van der Waals surface area contributed by atoms with Crippen molar-refractivity contribution in [3.8, 4) is 0 Å². The van der Waals surface area contributed by atoms with Crippen LogP contribution in [0.4, 0.5) is 10.1 Å². The molecule has 0 radical (unpaired) electrons. The van der Waals surface area contributed by atoms with Crippen LogP contribution >= 0.6 is 11.8 Å². The zero-order valence-corrected chi connectivity index (χ0v) is 18.1. The smallest absolute Gasteiger partial charge is 0.253 e. The highest BCUT2D eigenvalue weighted by Crippen LogP contribution is 2.42. The Labute approximate surface area is 181 Å². The third kappa shape index (κ3) is 4.10. The summed E-state index contributed by atoms with van der Waals surface area (Å²) in [5.41, 5.74) is 2.49. The van der Waals surface area contributed by atoms with Gasteiger partial charge < -0.3 is 10.2 Å². The van der Waals surface area contributed by atoms with Crippen LogP contribution in [0.1, 0.15) is 47.2 Å². The molecular weight excluding hydrogens is 399 g/mol. The summed E-state index contributed by atoms with van der Waals surface area (Å²) in [6, 6.07) is 11.8. The fraction of sp³-hybridized carbons (Fsp3) is 0.417. The van der Waals surface area contributed by atoms with Gasteiger partial charge in [-0.15, -0.1) is 0 Å². The number of aryl methyl sites for hydroxylation is 1. The molecular formula is C24H27FN2O2S. The van der Waals surface area contributed by atoms with Crippen molar-refractivity contribution >= 4 is 29.3 Å². The highest BCUT2D eigenvalue weighted by Gasteiger charge is 2.42. The van der Waals surface area contributed by atoms with Gasteiger partial charge in [0.05, 0.1) is 5.41 Å². The number of rotatable bonds is 4. The van der Waals surface area contributed by atoms with Gasteiger partial charge in [0.2, 0.25) is 5.91 Å². The van der Waals surface area contributed by atoms with E-state index in [1.165, 1.54) is 12.1 Å². The van der Waals surface area contributed by atoms with E-state index in [0.29, 0.717) is 5.56 Å². The lowest BCUT2D eigenvalue weighted by atomic mass is 9.78. The summed E-state index contributed by atoms with van der Waals surface area (Å²) < 4.78 is 13.4. The molecule has 2 amide bonds. The largest absolute Gasteiger partial charge is 0.337 e. The Morgan fingerprint density at radius 1 is 1.03 bits per heavy atom. The minimum atomic E-state index is -0.625. The molecule has 2 fully saturated rings. The molecule has 2 aromatic rings. The van der Waals surface area contributed by atoms with Crippen LogP contribution in [0.5, 0.6) is 0 Å². The number of benzene rings is 2. The summed E-state index contributed by atoms with van der Waals surface area (Å²) in [4.78, 5) is 28.0. The van der Waals surface area contributed by atoms with Crippen molar-refractivity contribution in [1.29, 1.82) is 0 Å². The minimum Gasteiger partial charge on any atom is -0.337 e. The predicted molar refractivity (Wildman–Crippen MR) is 120 cm³/mol. The average Bonchev–Trinajstić information content (AvgIpc) is 3.27. The number of hydrogen-bond donors (Lipinski definition) is 1. The van der Waals surface area contributed by atoms with E-state index in [1.807, 2.05) is 35.7 Å². The number of nitrogens with one attached hydrogen (secondary N) is 1. The van der Waals surface area contributed by atoms with Gasteiger partial charge in [0.25, 0.3) is 5.91 Å². The topological polar surface area (TPSA) is 49.4 Å². The molecule has 1 N–H and O–H groups in total. The van der Waals surface area contributed by atoms with Crippen LogP contribution < -0.4 is 5.32 Å². The molecule has 4 nitrogen and oxygen atoms in total. The van der Waals surface area contributed by atoms with E-state index in [9.17, 15) is 14.0 Å². The van der Waals surface area contributed by atoms with E-state index >= 15 is 0 Å². The molecule has 1 saturated heterocycles. The maximum atomic E-state index is 13.4. The molecule has 2 aromatic carbocycles. The fourth-order valence-electron chi connectivity index (χ4n) is 4.52. The van der Waals surface area contributed by atoms with Crippen molar-refractivity contribution in [3.63, 3.8) is 0 Å². The first-order valence-corrected chi connectivity index (χ1v) is 11.7. The first-order valence-electron chi connectivity index (χ1n) is 10.5. The summed E-state index contributed by atoms with van der Waals surface area (Å²) in [6.07, 6.45) is 3.47. The second kappa shape index (κ2) is 8.80. The van der Waals surface area contributed by atoms with Crippen LogP contribution in [0, 0.1) is 12.7 Å². The van der Waals surface area contributed by atoms with Gasteiger partial charge in [0, 0.05) is 35.8 Å². The monoisotopic (exact) mass is 426 g/mol. The Morgan fingerprint density at radius 3 is 2.33 bits per heavy atom. The van der Waals surface area contributed by atoms with Crippen LogP contribution in [0.25, 0.3) is 0 Å². The molecule has 30 heavy (non-hydrogen) atoms.